The van der Waals surface area contributed by atoms with Crippen molar-refractivity contribution in [1.29, 1.82) is 0 Å². The highest BCUT2D eigenvalue weighted by Gasteiger charge is 2.27. The first kappa shape index (κ1) is 15.1. The van der Waals surface area contributed by atoms with E-state index in [0.29, 0.717) is 12.2 Å². The minimum absolute atomic E-state index is 0.000576. The minimum atomic E-state index is -3.36. The fourth-order valence-electron chi connectivity index (χ4n) is 2.35. The molecule has 2 N–H and O–H groups in total. The Morgan fingerprint density at radius 3 is 2.85 bits per heavy atom. The van der Waals surface area contributed by atoms with Crippen LogP contribution in [-0.2, 0) is 21.2 Å². The van der Waals surface area contributed by atoms with Crippen LogP contribution < -0.4 is 10.0 Å². The quantitative estimate of drug-likeness (QED) is 0.841. The van der Waals surface area contributed by atoms with Gasteiger partial charge in [-0.1, -0.05) is 6.07 Å². The first-order chi connectivity index (χ1) is 9.40. The van der Waals surface area contributed by atoms with E-state index in [9.17, 15) is 8.42 Å². The topological polar surface area (TPSA) is 72.6 Å². The van der Waals surface area contributed by atoms with Crippen LogP contribution in [0.5, 0.6) is 0 Å². The molecule has 0 saturated carbocycles. The molecule has 0 fully saturated rings. The van der Waals surface area contributed by atoms with Crippen molar-refractivity contribution < 1.29 is 13.2 Å². The van der Waals surface area contributed by atoms with Crippen LogP contribution in [0.3, 0.4) is 0 Å². The van der Waals surface area contributed by atoms with E-state index in [2.05, 4.69) is 0 Å². The minimum Gasteiger partial charge on any atom is -0.399 e. The molecule has 0 spiro atoms. The van der Waals surface area contributed by atoms with Gasteiger partial charge in [0.25, 0.3) is 0 Å². The number of rotatable bonds is 5. The van der Waals surface area contributed by atoms with Crippen molar-refractivity contribution >= 4 is 21.4 Å². The van der Waals surface area contributed by atoms with Crippen molar-refractivity contribution in [2.45, 2.75) is 32.8 Å². The summed E-state index contributed by atoms with van der Waals surface area (Å²) < 4.78 is 31.7. The fourth-order valence-corrected chi connectivity index (χ4v) is 3.75. The number of anilines is 2. The molecular weight excluding hydrogens is 276 g/mol. The Labute approximate surface area is 120 Å². The second-order valence-electron chi connectivity index (χ2n) is 5.30. The zero-order chi connectivity index (χ0) is 14.8. The van der Waals surface area contributed by atoms with Crippen LogP contribution in [0.1, 0.15) is 25.8 Å². The largest absolute Gasteiger partial charge is 0.399 e. The third kappa shape index (κ3) is 3.43. The van der Waals surface area contributed by atoms with Gasteiger partial charge in [0, 0.05) is 12.2 Å². The second-order valence-corrected chi connectivity index (χ2v) is 7.31. The van der Waals surface area contributed by atoms with Crippen LogP contribution >= 0.6 is 0 Å². The number of hydrogen-bond acceptors (Lipinski definition) is 4. The zero-order valence-electron chi connectivity index (χ0n) is 12.0. The smallest absolute Gasteiger partial charge is 0.237 e. The third-order valence-electron chi connectivity index (χ3n) is 3.31. The average Bonchev–Trinajstić information content (AvgIpc) is 2.37. The summed E-state index contributed by atoms with van der Waals surface area (Å²) >= 11 is 0. The SMILES string of the molecule is CC(C)OCCS(=O)(=O)N1CCCc2ccc(N)cc21. The van der Waals surface area contributed by atoms with Gasteiger partial charge in [0.05, 0.1) is 24.2 Å². The molecule has 1 aliphatic rings. The second kappa shape index (κ2) is 6.01. The van der Waals surface area contributed by atoms with Gasteiger partial charge in [-0.15, -0.1) is 0 Å². The van der Waals surface area contributed by atoms with E-state index < -0.39 is 10.0 Å². The van der Waals surface area contributed by atoms with Crippen molar-refractivity contribution in [2.24, 2.45) is 0 Å². The van der Waals surface area contributed by atoms with E-state index >= 15 is 0 Å². The monoisotopic (exact) mass is 298 g/mol. The van der Waals surface area contributed by atoms with Crippen molar-refractivity contribution in [2.75, 3.05) is 28.9 Å². The van der Waals surface area contributed by atoms with Crippen LogP contribution in [0.25, 0.3) is 0 Å². The normalized spacial score (nSPS) is 15.4. The van der Waals surface area contributed by atoms with Crippen molar-refractivity contribution in [3.05, 3.63) is 23.8 Å². The molecule has 0 aromatic heterocycles. The number of benzene rings is 1. The van der Waals surface area contributed by atoms with Crippen LogP contribution in [-0.4, -0.2) is 33.4 Å². The summed E-state index contributed by atoms with van der Waals surface area (Å²) in [6, 6.07) is 5.48. The van der Waals surface area contributed by atoms with Crippen LogP contribution in [0, 0.1) is 0 Å². The lowest BCUT2D eigenvalue weighted by Crippen LogP contribution is -2.38. The molecular formula is C14H22N2O3S. The lowest BCUT2D eigenvalue weighted by molar-refractivity contribution is 0.0912. The molecule has 2 rings (SSSR count). The average molecular weight is 298 g/mol. The van der Waals surface area contributed by atoms with Gasteiger partial charge in [-0.3, -0.25) is 4.31 Å². The number of nitrogens with zero attached hydrogens (tertiary/aromatic N) is 1. The molecule has 0 saturated heterocycles. The number of nitrogens with two attached hydrogens (primary N) is 1. The number of aryl methyl sites for hydroxylation is 1. The third-order valence-corrected chi connectivity index (χ3v) is 5.05. The van der Waals surface area contributed by atoms with Crippen molar-refractivity contribution in [3.63, 3.8) is 0 Å². The molecule has 0 amide bonds. The number of nitrogen functional groups attached to an aromatic ring is 1. The molecule has 0 unspecified atom stereocenters. The number of sulfonamides is 1. The Morgan fingerprint density at radius 1 is 1.40 bits per heavy atom. The van der Waals surface area contributed by atoms with Gasteiger partial charge in [0.15, 0.2) is 0 Å². The van der Waals surface area contributed by atoms with Gasteiger partial charge in [-0.05, 0) is 44.4 Å². The summed E-state index contributed by atoms with van der Waals surface area (Å²) in [4.78, 5) is 0. The van der Waals surface area contributed by atoms with Crippen molar-refractivity contribution in [1.82, 2.24) is 0 Å². The fraction of sp³-hybridized carbons (Fsp3) is 0.571. The molecule has 112 valence electrons. The number of fused-ring (bicyclic) bond motifs is 1. The maximum Gasteiger partial charge on any atom is 0.237 e. The van der Waals surface area contributed by atoms with Gasteiger partial charge >= 0.3 is 0 Å². The summed E-state index contributed by atoms with van der Waals surface area (Å²) in [5.74, 6) is -0.000576. The highest BCUT2D eigenvalue weighted by atomic mass is 32.2. The van der Waals surface area contributed by atoms with E-state index in [4.69, 9.17) is 10.5 Å². The van der Waals surface area contributed by atoms with E-state index in [1.54, 1.807) is 6.07 Å². The lowest BCUT2D eigenvalue weighted by atomic mass is 10.0. The summed E-state index contributed by atoms with van der Waals surface area (Å²) in [5.41, 5.74) is 8.13. The molecule has 20 heavy (non-hydrogen) atoms. The summed E-state index contributed by atoms with van der Waals surface area (Å²) in [7, 11) is -3.36. The van der Waals surface area contributed by atoms with E-state index in [1.807, 2.05) is 26.0 Å². The Kier molecular flexibility index (Phi) is 4.55. The molecule has 5 nitrogen and oxygen atoms in total. The zero-order valence-corrected chi connectivity index (χ0v) is 12.8. The molecule has 6 heteroatoms. The number of ether oxygens (including phenoxy) is 1. The molecule has 1 aromatic carbocycles. The van der Waals surface area contributed by atoms with E-state index in [0.717, 1.165) is 24.1 Å². The standard InChI is InChI=1S/C14H22N2O3S/c1-11(2)19-8-9-20(17,18)16-7-3-4-12-5-6-13(15)10-14(12)16/h5-6,10-11H,3-4,7-9,15H2,1-2H3. The molecule has 0 bridgehead atoms. The van der Waals surface area contributed by atoms with Gasteiger partial charge in [0.2, 0.25) is 10.0 Å². The molecule has 1 heterocycles. The van der Waals surface area contributed by atoms with Crippen LogP contribution in [0.2, 0.25) is 0 Å². The highest BCUT2D eigenvalue weighted by Crippen LogP contribution is 2.31. The van der Waals surface area contributed by atoms with Crippen molar-refractivity contribution in [3.8, 4) is 0 Å². The Morgan fingerprint density at radius 2 is 2.15 bits per heavy atom. The van der Waals surface area contributed by atoms with Gasteiger partial charge < -0.3 is 10.5 Å². The Bertz CT molecular complexity index is 570. The first-order valence-electron chi connectivity index (χ1n) is 6.90. The Balaban J connectivity index is 2.19. The summed E-state index contributed by atoms with van der Waals surface area (Å²) in [6.45, 7) is 4.52. The summed E-state index contributed by atoms with van der Waals surface area (Å²) in [6.07, 6.45) is 1.76. The van der Waals surface area contributed by atoms with E-state index in [1.165, 1.54) is 4.31 Å². The number of hydrogen-bond donors (Lipinski definition) is 1. The van der Waals surface area contributed by atoms with Gasteiger partial charge in [-0.2, -0.15) is 0 Å². The van der Waals surface area contributed by atoms with Crippen LogP contribution in [0.15, 0.2) is 18.2 Å². The summed E-state index contributed by atoms with van der Waals surface area (Å²) in [5, 5.41) is 0. The predicted octanol–water partition coefficient (Wildman–Crippen LogP) is 1.78. The first-order valence-corrected chi connectivity index (χ1v) is 8.51. The maximum atomic E-state index is 12.4. The predicted molar refractivity (Wildman–Crippen MR) is 81.4 cm³/mol. The maximum absolute atomic E-state index is 12.4. The molecule has 1 aromatic rings. The van der Waals surface area contributed by atoms with Gasteiger partial charge in [-0.25, -0.2) is 8.42 Å². The molecule has 0 radical (unpaired) electrons. The highest BCUT2D eigenvalue weighted by molar-refractivity contribution is 7.92. The lowest BCUT2D eigenvalue weighted by Gasteiger charge is -2.30. The van der Waals surface area contributed by atoms with E-state index in [-0.39, 0.29) is 18.5 Å². The molecule has 0 aliphatic carbocycles. The molecule has 0 atom stereocenters. The Hall–Kier alpha value is -1.27. The molecule has 1 aliphatic heterocycles. The van der Waals surface area contributed by atoms with Crippen LogP contribution in [0.4, 0.5) is 11.4 Å². The van der Waals surface area contributed by atoms with Gasteiger partial charge in [0.1, 0.15) is 0 Å².